The Labute approximate surface area is 109 Å². The van der Waals surface area contributed by atoms with Crippen LogP contribution in [0.5, 0.6) is 5.75 Å². The average Bonchev–Trinajstić information content (AvgIpc) is 2.81. The van der Waals surface area contributed by atoms with Crippen molar-refractivity contribution in [2.45, 2.75) is 6.61 Å². The first-order valence-electron chi connectivity index (χ1n) is 5.50. The number of ether oxygens (including phenoxy) is 2. The highest BCUT2D eigenvalue weighted by Crippen LogP contribution is 2.12. The van der Waals surface area contributed by atoms with E-state index in [4.69, 9.17) is 15.2 Å². The maximum atomic E-state index is 11.4. The third-order valence-electron chi connectivity index (χ3n) is 2.15. The number of nitrogens with zero attached hydrogens (tertiary/aromatic N) is 4. The summed E-state index contributed by atoms with van der Waals surface area (Å²) in [5.74, 6) is 0.372. The number of nitrogens with two attached hydrogens (primary N) is 1. The molecule has 0 radical (unpaired) electrons. The van der Waals surface area contributed by atoms with Gasteiger partial charge in [0.1, 0.15) is 5.75 Å². The lowest BCUT2D eigenvalue weighted by molar-refractivity contribution is -0.147. The maximum absolute atomic E-state index is 11.4. The van der Waals surface area contributed by atoms with Crippen LogP contribution in [0.1, 0.15) is 5.82 Å². The molecule has 19 heavy (non-hydrogen) atoms. The first kappa shape index (κ1) is 12.8. The van der Waals surface area contributed by atoms with Gasteiger partial charge in [0.15, 0.2) is 13.2 Å². The second kappa shape index (κ2) is 5.80. The van der Waals surface area contributed by atoms with Gasteiger partial charge in [-0.1, -0.05) is 0 Å². The largest absolute Gasteiger partial charge is 0.482 e. The highest BCUT2D eigenvalue weighted by atomic mass is 16.6. The van der Waals surface area contributed by atoms with Gasteiger partial charge in [-0.25, -0.2) is 4.79 Å². The first-order chi connectivity index (χ1) is 9.13. The lowest BCUT2D eigenvalue weighted by Gasteiger charge is -2.05. The zero-order valence-electron chi connectivity index (χ0n) is 10.3. The minimum absolute atomic E-state index is 0.0300. The number of carbonyl (C=O) groups excluding carboxylic acids is 1. The molecule has 0 spiro atoms. The van der Waals surface area contributed by atoms with Crippen molar-refractivity contribution in [2.75, 3.05) is 12.3 Å². The molecule has 2 aromatic rings. The Morgan fingerprint density at radius 3 is 2.74 bits per heavy atom. The molecule has 0 atom stereocenters. The lowest BCUT2D eigenvalue weighted by atomic mass is 10.3. The zero-order chi connectivity index (χ0) is 13.7. The van der Waals surface area contributed by atoms with Gasteiger partial charge in [0.05, 0.1) is 7.05 Å². The summed E-state index contributed by atoms with van der Waals surface area (Å²) in [5.41, 5.74) is 6.16. The molecule has 0 bridgehead atoms. The number of carbonyl (C=O) groups is 1. The van der Waals surface area contributed by atoms with Gasteiger partial charge in [0.25, 0.3) is 0 Å². The number of rotatable bonds is 5. The number of anilines is 1. The minimum Gasteiger partial charge on any atom is -0.482 e. The number of aryl methyl sites for hydroxylation is 1. The Bertz CT molecular complexity index is 552. The Hall–Kier alpha value is -2.64. The van der Waals surface area contributed by atoms with Crippen LogP contribution < -0.4 is 10.5 Å². The summed E-state index contributed by atoms with van der Waals surface area (Å²) in [6, 6.07) is 6.72. The molecule has 8 heteroatoms. The van der Waals surface area contributed by atoms with Gasteiger partial charge < -0.3 is 15.2 Å². The fourth-order valence-electron chi connectivity index (χ4n) is 1.27. The average molecular weight is 263 g/mol. The number of nitrogen functional groups attached to an aromatic ring is 1. The van der Waals surface area contributed by atoms with E-state index in [1.165, 1.54) is 4.80 Å². The van der Waals surface area contributed by atoms with Crippen LogP contribution in [-0.2, 0) is 23.2 Å². The van der Waals surface area contributed by atoms with Crippen molar-refractivity contribution in [3.63, 3.8) is 0 Å². The van der Waals surface area contributed by atoms with E-state index in [0.29, 0.717) is 17.3 Å². The number of esters is 1. The Kier molecular flexibility index (Phi) is 3.91. The quantitative estimate of drug-likeness (QED) is 0.593. The van der Waals surface area contributed by atoms with Gasteiger partial charge >= 0.3 is 5.97 Å². The van der Waals surface area contributed by atoms with Gasteiger partial charge in [-0.05, 0) is 29.5 Å². The zero-order valence-corrected chi connectivity index (χ0v) is 10.3. The van der Waals surface area contributed by atoms with Crippen LogP contribution >= 0.6 is 0 Å². The van der Waals surface area contributed by atoms with E-state index in [-0.39, 0.29) is 13.2 Å². The van der Waals surface area contributed by atoms with Crippen LogP contribution in [0, 0.1) is 0 Å². The predicted octanol–water partition coefficient (Wildman–Crippen LogP) is -0.0855. The molecule has 1 aromatic heterocycles. The third-order valence-corrected chi connectivity index (χ3v) is 2.15. The monoisotopic (exact) mass is 263 g/mol. The summed E-state index contributed by atoms with van der Waals surface area (Å²) in [4.78, 5) is 12.7. The number of aromatic nitrogens is 4. The summed E-state index contributed by atoms with van der Waals surface area (Å²) in [7, 11) is 1.63. The molecule has 0 amide bonds. The molecule has 2 rings (SSSR count). The molecule has 0 unspecified atom stereocenters. The second-order valence-electron chi connectivity index (χ2n) is 3.71. The minimum atomic E-state index is -0.510. The van der Waals surface area contributed by atoms with E-state index in [2.05, 4.69) is 15.4 Å². The van der Waals surface area contributed by atoms with Gasteiger partial charge in [0, 0.05) is 5.69 Å². The van der Waals surface area contributed by atoms with E-state index in [9.17, 15) is 4.79 Å². The van der Waals surface area contributed by atoms with Gasteiger partial charge in [0.2, 0.25) is 5.82 Å². The van der Waals surface area contributed by atoms with E-state index in [0.717, 1.165) is 0 Å². The van der Waals surface area contributed by atoms with Gasteiger partial charge in [-0.15, -0.1) is 10.2 Å². The summed E-state index contributed by atoms with van der Waals surface area (Å²) < 4.78 is 10.1. The molecular weight excluding hydrogens is 250 g/mol. The van der Waals surface area contributed by atoms with E-state index in [1.54, 1.807) is 31.3 Å². The fourth-order valence-corrected chi connectivity index (χ4v) is 1.27. The number of tetrazole rings is 1. The predicted molar refractivity (Wildman–Crippen MR) is 64.9 cm³/mol. The molecule has 0 aliphatic carbocycles. The molecule has 0 fully saturated rings. The molecule has 0 saturated heterocycles. The molecule has 100 valence electrons. The maximum Gasteiger partial charge on any atom is 0.344 e. The summed E-state index contributed by atoms with van der Waals surface area (Å²) in [6.07, 6.45) is 0. The normalized spacial score (nSPS) is 10.2. The van der Waals surface area contributed by atoms with Crippen molar-refractivity contribution in [1.82, 2.24) is 20.2 Å². The molecule has 1 aromatic carbocycles. The van der Waals surface area contributed by atoms with E-state index < -0.39 is 5.97 Å². The van der Waals surface area contributed by atoms with Crippen LogP contribution in [0.4, 0.5) is 5.69 Å². The van der Waals surface area contributed by atoms with Gasteiger partial charge in [-0.3, -0.25) is 0 Å². The fraction of sp³-hybridized carbons (Fsp3) is 0.273. The molecule has 0 aliphatic heterocycles. The van der Waals surface area contributed by atoms with Crippen molar-refractivity contribution in [1.29, 1.82) is 0 Å². The molecule has 0 saturated carbocycles. The number of hydrogen-bond donors (Lipinski definition) is 1. The first-order valence-corrected chi connectivity index (χ1v) is 5.50. The topological polar surface area (TPSA) is 105 Å². The smallest absolute Gasteiger partial charge is 0.344 e. The molecule has 0 aliphatic rings. The second-order valence-corrected chi connectivity index (χ2v) is 3.71. The van der Waals surface area contributed by atoms with Crippen LogP contribution in [-0.4, -0.2) is 32.8 Å². The Balaban J connectivity index is 1.74. The van der Waals surface area contributed by atoms with Crippen LogP contribution in [0.15, 0.2) is 24.3 Å². The third kappa shape index (κ3) is 3.95. The van der Waals surface area contributed by atoms with E-state index in [1.807, 2.05) is 0 Å². The highest BCUT2D eigenvalue weighted by molar-refractivity contribution is 5.71. The van der Waals surface area contributed by atoms with E-state index >= 15 is 0 Å². The molecule has 2 N–H and O–H groups in total. The van der Waals surface area contributed by atoms with Crippen LogP contribution in [0.2, 0.25) is 0 Å². The van der Waals surface area contributed by atoms with Crippen molar-refractivity contribution >= 4 is 11.7 Å². The summed E-state index contributed by atoms with van der Waals surface area (Å²) in [5, 5.41) is 11.2. The Morgan fingerprint density at radius 1 is 1.37 bits per heavy atom. The summed E-state index contributed by atoms with van der Waals surface area (Å²) in [6.45, 7) is -0.220. The molecule has 1 heterocycles. The number of hydrogen-bond acceptors (Lipinski definition) is 7. The van der Waals surface area contributed by atoms with Crippen molar-refractivity contribution in [2.24, 2.45) is 7.05 Å². The summed E-state index contributed by atoms with van der Waals surface area (Å²) >= 11 is 0. The Morgan fingerprint density at radius 2 is 2.11 bits per heavy atom. The number of benzene rings is 1. The molecule has 8 nitrogen and oxygen atoms in total. The van der Waals surface area contributed by atoms with Crippen molar-refractivity contribution < 1.29 is 14.3 Å². The standard InChI is InChI=1S/C11H13N5O3/c1-16-14-10(13-15-16)6-19-11(17)7-18-9-4-2-8(12)3-5-9/h2-5H,6-7,12H2,1H3. The van der Waals surface area contributed by atoms with Crippen LogP contribution in [0.3, 0.4) is 0 Å². The van der Waals surface area contributed by atoms with Gasteiger partial charge in [-0.2, -0.15) is 4.80 Å². The van der Waals surface area contributed by atoms with Crippen molar-refractivity contribution in [3.05, 3.63) is 30.1 Å². The lowest BCUT2D eigenvalue weighted by Crippen LogP contribution is -2.15. The van der Waals surface area contributed by atoms with Crippen molar-refractivity contribution in [3.8, 4) is 5.75 Å². The van der Waals surface area contributed by atoms with Crippen LogP contribution in [0.25, 0.3) is 0 Å². The SMILES string of the molecule is Cn1nnc(COC(=O)COc2ccc(N)cc2)n1. The molecular formula is C11H13N5O3. The highest BCUT2D eigenvalue weighted by Gasteiger charge is 2.07.